The molecule has 104 valence electrons. The van der Waals surface area contributed by atoms with Crippen molar-refractivity contribution in [3.05, 3.63) is 33.3 Å². The molecule has 0 aliphatic rings. The van der Waals surface area contributed by atoms with Gasteiger partial charge in [-0.05, 0) is 48.0 Å². The summed E-state index contributed by atoms with van der Waals surface area (Å²) in [5.41, 5.74) is 0.472. The first-order valence-electron chi connectivity index (χ1n) is 6.00. The number of amides is 2. The van der Waals surface area contributed by atoms with Gasteiger partial charge < -0.3 is 10.2 Å². The Morgan fingerprint density at radius 1 is 1.37 bits per heavy atom. The van der Waals surface area contributed by atoms with Crippen LogP contribution in [-0.2, 0) is 4.79 Å². The van der Waals surface area contributed by atoms with Crippen molar-refractivity contribution in [2.75, 3.05) is 19.6 Å². The van der Waals surface area contributed by atoms with Crippen LogP contribution in [0.1, 0.15) is 24.2 Å². The largest absolute Gasteiger partial charge is 0.355 e. The predicted octanol–water partition coefficient (Wildman–Crippen LogP) is 2.70. The first kappa shape index (κ1) is 16.0. The molecule has 6 heteroatoms. The van der Waals surface area contributed by atoms with Gasteiger partial charge in [-0.2, -0.15) is 0 Å². The van der Waals surface area contributed by atoms with Crippen LogP contribution >= 0.6 is 27.5 Å². The number of hydrogen-bond donors (Lipinski definition) is 1. The van der Waals surface area contributed by atoms with Crippen LogP contribution in [0.4, 0.5) is 0 Å². The van der Waals surface area contributed by atoms with Crippen LogP contribution in [0.15, 0.2) is 22.7 Å². The van der Waals surface area contributed by atoms with Crippen LogP contribution in [0.25, 0.3) is 0 Å². The van der Waals surface area contributed by atoms with Crippen LogP contribution < -0.4 is 5.32 Å². The highest BCUT2D eigenvalue weighted by atomic mass is 79.9. The summed E-state index contributed by atoms with van der Waals surface area (Å²) in [6, 6.07) is 4.99. The molecule has 1 aromatic rings. The third-order valence-electron chi connectivity index (χ3n) is 2.54. The Bertz CT molecular complexity index is 480. The van der Waals surface area contributed by atoms with E-state index in [0.717, 1.165) is 4.47 Å². The average molecular weight is 348 g/mol. The molecular weight excluding hydrogens is 332 g/mol. The van der Waals surface area contributed by atoms with Crippen molar-refractivity contribution >= 4 is 39.3 Å². The average Bonchev–Trinajstić information content (AvgIpc) is 2.38. The molecule has 0 aliphatic heterocycles. The smallest absolute Gasteiger partial charge is 0.254 e. The van der Waals surface area contributed by atoms with Gasteiger partial charge in [0.25, 0.3) is 5.91 Å². The lowest BCUT2D eigenvalue weighted by atomic mass is 10.2. The number of benzene rings is 1. The van der Waals surface area contributed by atoms with Gasteiger partial charge in [0.1, 0.15) is 0 Å². The molecule has 0 unspecified atom stereocenters. The van der Waals surface area contributed by atoms with E-state index < -0.39 is 0 Å². The van der Waals surface area contributed by atoms with Crippen LogP contribution in [0.5, 0.6) is 0 Å². The maximum Gasteiger partial charge on any atom is 0.254 e. The topological polar surface area (TPSA) is 49.4 Å². The molecule has 0 saturated heterocycles. The third kappa shape index (κ3) is 4.51. The molecule has 0 atom stereocenters. The van der Waals surface area contributed by atoms with Gasteiger partial charge in [-0.1, -0.05) is 11.6 Å². The van der Waals surface area contributed by atoms with Crippen LogP contribution in [-0.4, -0.2) is 36.3 Å². The lowest BCUT2D eigenvalue weighted by Gasteiger charge is -2.20. The molecule has 19 heavy (non-hydrogen) atoms. The van der Waals surface area contributed by atoms with Crippen molar-refractivity contribution < 1.29 is 9.59 Å². The Labute approximate surface area is 126 Å². The van der Waals surface area contributed by atoms with Crippen LogP contribution in [0.3, 0.4) is 0 Å². The molecular formula is C13H16BrClN2O2. The Kier molecular flexibility index (Phi) is 6.31. The predicted molar refractivity (Wildman–Crippen MR) is 79.4 cm³/mol. The van der Waals surface area contributed by atoms with Gasteiger partial charge in [0.15, 0.2) is 0 Å². The normalized spacial score (nSPS) is 10.1. The highest BCUT2D eigenvalue weighted by Gasteiger charge is 2.17. The maximum atomic E-state index is 12.3. The SMILES string of the molecule is CCNC(=O)CN(CC)C(=O)c1ccc(Br)c(Cl)c1. The first-order valence-corrected chi connectivity index (χ1v) is 7.17. The lowest BCUT2D eigenvalue weighted by molar-refractivity contribution is -0.121. The summed E-state index contributed by atoms with van der Waals surface area (Å²) in [6.07, 6.45) is 0. The summed E-state index contributed by atoms with van der Waals surface area (Å²) in [4.78, 5) is 25.3. The Morgan fingerprint density at radius 2 is 2.05 bits per heavy atom. The van der Waals surface area contributed by atoms with Gasteiger partial charge in [-0.25, -0.2) is 0 Å². The van der Waals surface area contributed by atoms with Gasteiger partial charge in [-0.15, -0.1) is 0 Å². The Balaban J connectivity index is 2.83. The molecule has 0 aromatic heterocycles. The fourth-order valence-electron chi connectivity index (χ4n) is 1.57. The number of likely N-dealkylation sites (N-methyl/N-ethyl adjacent to an activating group) is 2. The Hall–Kier alpha value is -1.07. The zero-order valence-corrected chi connectivity index (χ0v) is 13.2. The molecule has 1 rings (SSSR count). The molecule has 2 amide bonds. The quantitative estimate of drug-likeness (QED) is 0.890. The zero-order valence-electron chi connectivity index (χ0n) is 10.9. The van der Waals surface area contributed by atoms with Crippen molar-refractivity contribution in [3.8, 4) is 0 Å². The molecule has 0 fully saturated rings. The summed E-state index contributed by atoms with van der Waals surface area (Å²) in [5, 5.41) is 3.14. The summed E-state index contributed by atoms with van der Waals surface area (Å²) >= 11 is 9.24. The molecule has 0 bridgehead atoms. The monoisotopic (exact) mass is 346 g/mol. The number of nitrogens with one attached hydrogen (secondary N) is 1. The summed E-state index contributed by atoms with van der Waals surface area (Å²) in [7, 11) is 0. The van der Waals surface area contributed by atoms with E-state index in [1.54, 1.807) is 18.2 Å². The molecule has 4 nitrogen and oxygen atoms in total. The second-order valence-corrected chi connectivity index (χ2v) is 5.16. The molecule has 0 aliphatic carbocycles. The van der Waals surface area contributed by atoms with E-state index in [-0.39, 0.29) is 18.4 Å². The third-order valence-corrected chi connectivity index (χ3v) is 3.78. The first-order chi connectivity index (χ1) is 8.99. The number of nitrogens with zero attached hydrogens (tertiary/aromatic N) is 1. The molecule has 0 radical (unpaired) electrons. The fourth-order valence-corrected chi connectivity index (χ4v) is 1.99. The van der Waals surface area contributed by atoms with Gasteiger partial charge in [0.05, 0.1) is 11.6 Å². The standard InChI is InChI=1S/C13H16BrClN2O2/c1-3-16-12(18)8-17(4-2)13(19)9-5-6-10(14)11(15)7-9/h5-7H,3-4,8H2,1-2H3,(H,16,18). The number of halogens is 2. The minimum Gasteiger partial charge on any atom is -0.355 e. The fraction of sp³-hybridized carbons (Fsp3) is 0.385. The second-order valence-electron chi connectivity index (χ2n) is 3.90. The van der Waals surface area contributed by atoms with E-state index in [1.165, 1.54) is 4.90 Å². The van der Waals surface area contributed by atoms with Gasteiger partial charge in [0.2, 0.25) is 5.91 Å². The summed E-state index contributed by atoms with van der Waals surface area (Å²) in [5.74, 6) is -0.371. The minimum atomic E-state index is -0.205. The highest BCUT2D eigenvalue weighted by molar-refractivity contribution is 9.10. The van der Waals surface area contributed by atoms with E-state index >= 15 is 0 Å². The van der Waals surface area contributed by atoms with Gasteiger partial charge in [0, 0.05) is 23.1 Å². The van der Waals surface area contributed by atoms with Gasteiger partial charge in [-0.3, -0.25) is 9.59 Å². The van der Waals surface area contributed by atoms with E-state index in [4.69, 9.17) is 11.6 Å². The molecule has 1 N–H and O–H groups in total. The van der Waals surface area contributed by atoms with E-state index in [9.17, 15) is 9.59 Å². The van der Waals surface area contributed by atoms with E-state index in [2.05, 4.69) is 21.2 Å². The molecule has 1 aromatic carbocycles. The van der Waals surface area contributed by atoms with E-state index in [1.807, 2.05) is 13.8 Å². The van der Waals surface area contributed by atoms with Crippen LogP contribution in [0.2, 0.25) is 5.02 Å². The van der Waals surface area contributed by atoms with Crippen molar-refractivity contribution in [3.63, 3.8) is 0 Å². The molecule has 0 heterocycles. The van der Waals surface area contributed by atoms with Crippen molar-refractivity contribution in [1.82, 2.24) is 10.2 Å². The van der Waals surface area contributed by atoms with Gasteiger partial charge >= 0.3 is 0 Å². The Morgan fingerprint density at radius 3 is 2.58 bits per heavy atom. The van der Waals surface area contributed by atoms with E-state index in [0.29, 0.717) is 23.7 Å². The second kappa shape index (κ2) is 7.50. The number of hydrogen-bond acceptors (Lipinski definition) is 2. The number of rotatable bonds is 5. The summed E-state index contributed by atoms with van der Waals surface area (Å²) in [6.45, 7) is 4.73. The maximum absolute atomic E-state index is 12.3. The van der Waals surface area contributed by atoms with Crippen molar-refractivity contribution in [1.29, 1.82) is 0 Å². The number of carbonyl (C=O) groups excluding carboxylic acids is 2. The summed E-state index contributed by atoms with van der Waals surface area (Å²) < 4.78 is 0.734. The van der Waals surface area contributed by atoms with Crippen LogP contribution in [0, 0.1) is 0 Å². The lowest BCUT2D eigenvalue weighted by Crippen LogP contribution is -2.40. The minimum absolute atomic E-state index is 0.0524. The zero-order chi connectivity index (χ0) is 14.4. The molecule has 0 saturated carbocycles. The highest BCUT2D eigenvalue weighted by Crippen LogP contribution is 2.23. The molecule has 0 spiro atoms. The number of carbonyl (C=O) groups is 2. The van der Waals surface area contributed by atoms with Crippen molar-refractivity contribution in [2.24, 2.45) is 0 Å². The van der Waals surface area contributed by atoms with Crippen molar-refractivity contribution in [2.45, 2.75) is 13.8 Å².